The normalized spacial score (nSPS) is 11.5. The fourth-order valence-electron chi connectivity index (χ4n) is 2.65. The van der Waals surface area contributed by atoms with Gasteiger partial charge in [-0.05, 0) is 17.2 Å². The number of rotatable bonds is 5. The number of nitrogens with zero attached hydrogens (tertiary/aromatic N) is 1. The molecule has 0 heterocycles. The van der Waals surface area contributed by atoms with Crippen molar-refractivity contribution in [2.24, 2.45) is 5.10 Å². The van der Waals surface area contributed by atoms with Crippen molar-refractivity contribution >= 4 is 35.3 Å². The third-order valence-corrected chi connectivity index (χ3v) is 4.90. The van der Waals surface area contributed by atoms with E-state index in [1.807, 2.05) is 12.1 Å². The number of carbonyl (C=O) groups is 1. The van der Waals surface area contributed by atoms with Crippen LogP contribution in [0.2, 0.25) is 10.0 Å². The van der Waals surface area contributed by atoms with E-state index in [1.165, 1.54) is 6.21 Å². The molecule has 0 aliphatic rings. The molecule has 27 heavy (non-hydrogen) atoms. The highest BCUT2D eigenvalue weighted by Crippen LogP contribution is 2.30. The molecule has 0 bridgehead atoms. The van der Waals surface area contributed by atoms with Gasteiger partial charge in [-0.25, -0.2) is 5.43 Å². The van der Waals surface area contributed by atoms with E-state index in [4.69, 9.17) is 23.2 Å². The Hall–Kier alpha value is -2.66. The van der Waals surface area contributed by atoms with Crippen LogP contribution in [0.1, 0.15) is 16.7 Å². The Balaban J connectivity index is 1.91. The first kappa shape index (κ1) is 19.1. The molecule has 0 fully saturated rings. The maximum Gasteiger partial charge on any atom is 0.281 e. The number of hydrazone groups is 1. The van der Waals surface area contributed by atoms with Gasteiger partial charge in [0.15, 0.2) is 5.60 Å². The maximum absolute atomic E-state index is 12.9. The van der Waals surface area contributed by atoms with Crippen LogP contribution in [0.5, 0.6) is 0 Å². The molecule has 6 heteroatoms. The minimum absolute atomic E-state index is 0.332. The van der Waals surface area contributed by atoms with Gasteiger partial charge in [-0.3, -0.25) is 4.79 Å². The van der Waals surface area contributed by atoms with E-state index in [9.17, 15) is 9.90 Å². The smallest absolute Gasteiger partial charge is 0.281 e. The zero-order valence-electron chi connectivity index (χ0n) is 14.1. The summed E-state index contributed by atoms with van der Waals surface area (Å²) in [5.41, 5.74) is 1.92. The van der Waals surface area contributed by atoms with Crippen LogP contribution in [-0.4, -0.2) is 17.2 Å². The fraction of sp³-hybridized carbons (Fsp3) is 0.0476. The summed E-state index contributed by atoms with van der Waals surface area (Å²) in [6, 6.07) is 22.5. The molecule has 0 unspecified atom stereocenters. The van der Waals surface area contributed by atoms with Crippen molar-refractivity contribution in [2.45, 2.75) is 5.60 Å². The minimum Gasteiger partial charge on any atom is -0.372 e. The van der Waals surface area contributed by atoms with Crippen molar-refractivity contribution in [2.75, 3.05) is 0 Å². The largest absolute Gasteiger partial charge is 0.372 e. The van der Waals surface area contributed by atoms with Crippen LogP contribution in [0.4, 0.5) is 0 Å². The van der Waals surface area contributed by atoms with Crippen LogP contribution in [0.25, 0.3) is 0 Å². The lowest BCUT2D eigenvalue weighted by atomic mass is 9.85. The Morgan fingerprint density at radius 1 is 0.889 bits per heavy atom. The highest BCUT2D eigenvalue weighted by Gasteiger charge is 2.39. The summed E-state index contributed by atoms with van der Waals surface area (Å²) >= 11 is 12.1. The van der Waals surface area contributed by atoms with Crippen LogP contribution in [0.15, 0.2) is 84.0 Å². The molecule has 3 aromatic rings. The predicted molar refractivity (Wildman–Crippen MR) is 108 cm³/mol. The van der Waals surface area contributed by atoms with Crippen molar-refractivity contribution in [3.8, 4) is 0 Å². The van der Waals surface area contributed by atoms with Gasteiger partial charge in [0.05, 0.1) is 16.3 Å². The standard InChI is InChI=1S/C21H16Cl2N2O2/c22-18-13-7-8-15(19(18)23)14-24-25-20(26)21(27,16-9-3-1-4-10-16)17-11-5-2-6-12-17/h1-14,27H,(H,25,26)/b24-14+. The third kappa shape index (κ3) is 4.03. The summed E-state index contributed by atoms with van der Waals surface area (Å²) in [5, 5.41) is 15.9. The average molecular weight is 399 g/mol. The molecule has 4 nitrogen and oxygen atoms in total. The second kappa shape index (κ2) is 8.35. The van der Waals surface area contributed by atoms with Gasteiger partial charge in [-0.1, -0.05) is 96.0 Å². The SMILES string of the molecule is O=C(N/N=C/c1cccc(Cl)c1Cl)C(O)(c1ccccc1)c1ccccc1. The zero-order chi connectivity index (χ0) is 19.3. The van der Waals surface area contributed by atoms with Gasteiger partial charge < -0.3 is 5.11 Å². The Labute approximate surface area is 167 Å². The van der Waals surface area contributed by atoms with E-state index in [1.54, 1.807) is 66.7 Å². The number of benzene rings is 3. The number of aliphatic hydroxyl groups is 1. The quantitative estimate of drug-likeness (QED) is 0.494. The van der Waals surface area contributed by atoms with E-state index in [2.05, 4.69) is 10.5 Å². The molecule has 3 rings (SSSR count). The molecule has 3 aromatic carbocycles. The first-order valence-corrected chi connectivity index (χ1v) is 8.90. The molecule has 0 radical (unpaired) electrons. The monoisotopic (exact) mass is 398 g/mol. The summed E-state index contributed by atoms with van der Waals surface area (Å²) < 4.78 is 0. The van der Waals surface area contributed by atoms with Crippen molar-refractivity contribution in [3.63, 3.8) is 0 Å². The van der Waals surface area contributed by atoms with Crippen molar-refractivity contribution in [1.82, 2.24) is 5.43 Å². The molecule has 0 aliphatic carbocycles. The third-order valence-electron chi connectivity index (χ3n) is 4.06. The highest BCUT2D eigenvalue weighted by atomic mass is 35.5. The van der Waals surface area contributed by atoms with Crippen molar-refractivity contribution in [3.05, 3.63) is 106 Å². The molecule has 0 aliphatic heterocycles. The van der Waals surface area contributed by atoms with E-state index in [-0.39, 0.29) is 0 Å². The Morgan fingerprint density at radius 2 is 1.44 bits per heavy atom. The first-order chi connectivity index (χ1) is 13.0. The van der Waals surface area contributed by atoms with E-state index in [0.29, 0.717) is 26.7 Å². The number of hydrogen-bond donors (Lipinski definition) is 2. The lowest BCUT2D eigenvalue weighted by Gasteiger charge is -2.27. The molecule has 2 N–H and O–H groups in total. The molecule has 0 atom stereocenters. The molecule has 1 amide bonds. The predicted octanol–water partition coefficient (Wildman–Crippen LogP) is 4.38. The molecular formula is C21H16Cl2N2O2. The van der Waals surface area contributed by atoms with E-state index < -0.39 is 11.5 Å². The van der Waals surface area contributed by atoms with E-state index in [0.717, 1.165) is 0 Å². The number of carbonyl (C=O) groups excluding carboxylic acids is 1. The van der Waals surface area contributed by atoms with Gasteiger partial charge in [0.2, 0.25) is 0 Å². The van der Waals surface area contributed by atoms with Gasteiger partial charge in [0, 0.05) is 5.56 Å². The highest BCUT2D eigenvalue weighted by molar-refractivity contribution is 6.43. The first-order valence-electron chi connectivity index (χ1n) is 8.14. The molecule has 0 saturated carbocycles. The van der Waals surface area contributed by atoms with Crippen LogP contribution >= 0.6 is 23.2 Å². The van der Waals surface area contributed by atoms with Gasteiger partial charge in [0.25, 0.3) is 5.91 Å². The van der Waals surface area contributed by atoms with Crippen LogP contribution in [0.3, 0.4) is 0 Å². The summed E-state index contributed by atoms with van der Waals surface area (Å²) in [6.07, 6.45) is 1.38. The molecule has 0 saturated heterocycles. The van der Waals surface area contributed by atoms with Crippen LogP contribution in [0, 0.1) is 0 Å². The number of hydrogen-bond acceptors (Lipinski definition) is 3. The second-order valence-electron chi connectivity index (χ2n) is 5.78. The minimum atomic E-state index is -1.89. The molecule has 0 spiro atoms. The summed E-state index contributed by atoms with van der Waals surface area (Å²) in [6.45, 7) is 0. The Kier molecular flexibility index (Phi) is 5.91. The van der Waals surface area contributed by atoms with Crippen LogP contribution in [-0.2, 0) is 10.4 Å². The van der Waals surface area contributed by atoms with Crippen molar-refractivity contribution in [1.29, 1.82) is 0 Å². The zero-order valence-corrected chi connectivity index (χ0v) is 15.7. The molecule has 136 valence electrons. The second-order valence-corrected chi connectivity index (χ2v) is 6.57. The summed E-state index contributed by atoms with van der Waals surface area (Å²) in [5.74, 6) is -0.686. The maximum atomic E-state index is 12.9. The number of nitrogens with one attached hydrogen (secondary N) is 1. The fourth-order valence-corrected chi connectivity index (χ4v) is 3.01. The Morgan fingerprint density at radius 3 is 2.00 bits per heavy atom. The Bertz CT molecular complexity index is 921. The number of halogens is 2. The topological polar surface area (TPSA) is 61.7 Å². The van der Waals surface area contributed by atoms with Crippen LogP contribution < -0.4 is 5.43 Å². The van der Waals surface area contributed by atoms with Gasteiger partial charge >= 0.3 is 0 Å². The van der Waals surface area contributed by atoms with Gasteiger partial charge in [-0.2, -0.15) is 5.10 Å². The van der Waals surface area contributed by atoms with Crippen molar-refractivity contribution < 1.29 is 9.90 Å². The number of amides is 1. The lowest BCUT2D eigenvalue weighted by Crippen LogP contribution is -2.43. The van der Waals surface area contributed by atoms with Gasteiger partial charge in [0.1, 0.15) is 0 Å². The molecule has 0 aromatic heterocycles. The summed E-state index contributed by atoms with van der Waals surface area (Å²) in [7, 11) is 0. The van der Waals surface area contributed by atoms with E-state index >= 15 is 0 Å². The summed E-state index contributed by atoms with van der Waals surface area (Å²) in [4.78, 5) is 12.9. The average Bonchev–Trinajstić information content (AvgIpc) is 2.71. The van der Waals surface area contributed by atoms with Gasteiger partial charge in [-0.15, -0.1) is 0 Å². The molecular weight excluding hydrogens is 383 g/mol. The lowest BCUT2D eigenvalue weighted by molar-refractivity contribution is -0.136.